The average Bonchev–Trinajstić information content (AvgIpc) is 2.66. The maximum Gasteiger partial charge on any atom is 0.182 e. The molecule has 1 heterocycles. The van der Waals surface area contributed by atoms with Crippen LogP contribution in [0.25, 0.3) is 16.7 Å². The van der Waals surface area contributed by atoms with E-state index in [1.165, 1.54) is 18.2 Å². The summed E-state index contributed by atoms with van der Waals surface area (Å²) >= 11 is 8.46. The minimum absolute atomic E-state index is 0.301. The second-order valence-electron chi connectivity index (χ2n) is 4.48. The first-order valence-corrected chi connectivity index (χ1v) is 7.04. The molecule has 0 amide bonds. The Morgan fingerprint density at radius 3 is 2.65 bits per heavy atom. The monoisotopic (exact) mass is 354 g/mol. The van der Waals surface area contributed by atoms with Gasteiger partial charge < -0.3 is 4.98 Å². The van der Waals surface area contributed by atoms with Crippen LogP contribution in [0, 0.1) is 23.3 Å². The van der Waals surface area contributed by atoms with E-state index < -0.39 is 0 Å². The molecule has 0 saturated heterocycles. The quantitative estimate of drug-likeness (QED) is 0.607. The van der Waals surface area contributed by atoms with E-state index in [0.29, 0.717) is 14.8 Å². The Bertz CT molecular complexity index is 883. The van der Waals surface area contributed by atoms with Gasteiger partial charge in [-0.15, -0.1) is 0 Å². The fourth-order valence-electron chi connectivity index (χ4n) is 2.21. The van der Waals surface area contributed by atoms with E-state index in [1.54, 1.807) is 23.6 Å². The average molecular weight is 355 g/mol. The molecule has 0 aliphatic carbocycles. The number of hydrogen-bond acceptors (Lipinski definition) is 1. The lowest BCUT2D eigenvalue weighted by molar-refractivity contribution is 0.623. The number of nitrogens with zero attached hydrogens (tertiary/aromatic N) is 1. The zero-order valence-electron chi connectivity index (χ0n) is 10.4. The molecule has 0 bridgehead atoms. The molecule has 6 heteroatoms. The summed E-state index contributed by atoms with van der Waals surface area (Å²) in [6, 6.07) is 7.51. The molecule has 0 fully saturated rings. The van der Waals surface area contributed by atoms with Crippen LogP contribution in [-0.2, 0) is 0 Å². The van der Waals surface area contributed by atoms with Gasteiger partial charge in [-0.05, 0) is 64.9 Å². The van der Waals surface area contributed by atoms with Gasteiger partial charge in [-0.25, -0.2) is 8.78 Å². The molecule has 102 valence electrons. The number of aryl methyl sites for hydroxylation is 1. The second-order valence-corrected chi connectivity index (χ2v) is 5.72. The molecule has 1 N–H and O–H groups in total. The van der Waals surface area contributed by atoms with Crippen molar-refractivity contribution < 1.29 is 8.78 Å². The van der Waals surface area contributed by atoms with Gasteiger partial charge in [0.25, 0.3) is 0 Å². The number of aromatic amines is 1. The lowest BCUT2D eigenvalue weighted by Gasteiger charge is -2.08. The second kappa shape index (κ2) is 4.79. The van der Waals surface area contributed by atoms with Crippen LogP contribution in [0.4, 0.5) is 8.78 Å². The Morgan fingerprint density at radius 1 is 1.20 bits per heavy atom. The molecule has 3 rings (SSSR count). The van der Waals surface area contributed by atoms with E-state index in [9.17, 15) is 8.78 Å². The van der Waals surface area contributed by atoms with Crippen LogP contribution < -0.4 is 0 Å². The highest BCUT2D eigenvalue weighted by Crippen LogP contribution is 2.27. The Morgan fingerprint density at radius 2 is 1.95 bits per heavy atom. The number of benzene rings is 2. The molecule has 0 atom stereocenters. The maximum absolute atomic E-state index is 13.6. The number of aromatic nitrogens is 2. The van der Waals surface area contributed by atoms with Crippen molar-refractivity contribution in [3.05, 3.63) is 56.8 Å². The van der Waals surface area contributed by atoms with Gasteiger partial charge in [0, 0.05) is 6.07 Å². The lowest BCUT2D eigenvalue weighted by Crippen LogP contribution is -1.97. The highest BCUT2D eigenvalue weighted by Gasteiger charge is 2.12. The molecule has 0 unspecified atom stereocenters. The molecule has 0 saturated carbocycles. The van der Waals surface area contributed by atoms with Crippen molar-refractivity contribution in [3.8, 4) is 5.69 Å². The molecular weight excluding hydrogens is 346 g/mol. The van der Waals surface area contributed by atoms with E-state index in [4.69, 9.17) is 12.2 Å². The number of nitrogens with one attached hydrogen (secondary N) is 1. The van der Waals surface area contributed by atoms with Crippen molar-refractivity contribution in [2.75, 3.05) is 0 Å². The van der Waals surface area contributed by atoms with E-state index in [1.807, 2.05) is 0 Å². The zero-order chi connectivity index (χ0) is 14.4. The molecule has 0 aliphatic rings. The molecule has 0 aliphatic heterocycles. The Balaban J connectivity index is 2.39. The van der Waals surface area contributed by atoms with Crippen molar-refractivity contribution in [1.82, 2.24) is 9.55 Å². The van der Waals surface area contributed by atoms with Gasteiger partial charge in [-0.1, -0.05) is 0 Å². The highest BCUT2D eigenvalue weighted by atomic mass is 79.9. The summed E-state index contributed by atoms with van der Waals surface area (Å²) in [5.41, 5.74) is 2.85. The number of H-pyrrole nitrogens is 1. The SMILES string of the molecule is Cc1cc(F)ccc1-n1c(=S)[nH]c2cc(F)c(Br)cc21. The van der Waals surface area contributed by atoms with Crippen LogP contribution in [0.5, 0.6) is 0 Å². The van der Waals surface area contributed by atoms with Crippen LogP contribution in [0.2, 0.25) is 0 Å². The smallest absolute Gasteiger partial charge is 0.182 e. The van der Waals surface area contributed by atoms with Crippen molar-refractivity contribution in [2.45, 2.75) is 6.92 Å². The van der Waals surface area contributed by atoms with Crippen LogP contribution in [0.15, 0.2) is 34.8 Å². The van der Waals surface area contributed by atoms with Crippen molar-refractivity contribution in [1.29, 1.82) is 0 Å². The molecule has 3 aromatic rings. The van der Waals surface area contributed by atoms with Gasteiger partial charge in [-0.2, -0.15) is 0 Å². The molecule has 2 nitrogen and oxygen atoms in total. The Hall–Kier alpha value is -1.53. The Labute approximate surface area is 127 Å². The van der Waals surface area contributed by atoms with Crippen LogP contribution >= 0.6 is 28.1 Å². The fraction of sp³-hybridized carbons (Fsp3) is 0.0714. The van der Waals surface area contributed by atoms with Gasteiger partial charge in [-0.3, -0.25) is 4.57 Å². The third-order valence-electron chi connectivity index (χ3n) is 3.12. The van der Waals surface area contributed by atoms with Crippen LogP contribution in [-0.4, -0.2) is 9.55 Å². The first-order valence-electron chi connectivity index (χ1n) is 5.83. The summed E-state index contributed by atoms with van der Waals surface area (Å²) in [5, 5.41) is 0. The van der Waals surface area contributed by atoms with Gasteiger partial charge in [0.1, 0.15) is 11.6 Å². The number of fused-ring (bicyclic) bond motifs is 1. The number of rotatable bonds is 1. The highest BCUT2D eigenvalue weighted by molar-refractivity contribution is 9.10. The lowest BCUT2D eigenvalue weighted by atomic mass is 10.2. The van der Waals surface area contributed by atoms with Gasteiger partial charge in [0.2, 0.25) is 0 Å². The Kier molecular flexibility index (Phi) is 3.22. The third kappa shape index (κ3) is 2.09. The number of halogens is 3. The predicted molar refractivity (Wildman–Crippen MR) is 80.8 cm³/mol. The van der Waals surface area contributed by atoms with Gasteiger partial charge >= 0.3 is 0 Å². The molecule has 1 aromatic heterocycles. The predicted octanol–water partition coefficient (Wildman–Crippen LogP) is 5.04. The normalized spacial score (nSPS) is 11.2. The molecule has 2 aromatic carbocycles. The van der Waals surface area contributed by atoms with E-state index in [0.717, 1.165) is 16.8 Å². The topological polar surface area (TPSA) is 20.7 Å². The summed E-state index contributed by atoms with van der Waals surface area (Å²) in [7, 11) is 0. The summed E-state index contributed by atoms with van der Waals surface area (Å²) in [6.45, 7) is 1.80. The minimum atomic E-state index is -0.364. The van der Waals surface area contributed by atoms with Crippen LogP contribution in [0.3, 0.4) is 0 Å². The molecule has 0 radical (unpaired) electrons. The summed E-state index contributed by atoms with van der Waals surface area (Å²) in [6.07, 6.45) is 0. The molecular formula is C14H9BrF2N2S. The number of imidazole rings is 1. The first kappa shape index (κ1) is 13.5. The first-order chi connectivity index (χ1) is 9.47. The van der Waals surface area contributed by atoms with Crippen molar-refractivity contribution in [2.24, 2.45) is 0 Å². The van der Waals surface area contributed by atoms with Gasteiger partial charge in [0.05, 0.1) is 21.2 Å². The minimum Gasteiger partial charge on any atom is -0.330 e. The van der Waals surface area contributed by atoms with Gasteiger partial charge in [0.15, 0.2) is 4.77 Å². The summed E-state index contributed by atoms with van der Waals surface area (Å²) in [4.78, 5) is 2.96. The number of hydrogen-bond donors (Lipinski definition) is 1. The van der Waals surface area contributed by atoms with Crippen molar-refractivity contribution >= 4 is 39.2 Å². The van der Waals surface area contributed by atoms with E-state index in [2.05, 4.69) is 20.9 Å². The van der Waals surface area contributed by atoms with E-state index in [-0.39, 0.29) is 11.6 Å². The standard InChI is InChI=1S/C14H9BrF2N2S/c1-7-4-8(16)2-3-12(7)19-13-5-9(15)10(17)6-11(13)18-14(19)20/h2-6H,1H3,(H,18,20). The summed E-state index contributed by atoms with van der Waals surface area (Å²) < 4.78 is 29.3. The molecule has 0 spiro atoms. The zero-order valence-corrected chi connectivity index (χ0v) is 12.8. The largest absolute Gasteiger partial charge is 0.330 e. The third-order valence-corrected chi connectivity index (χ3v) is 4.02. The van der Waals surface area contributed by atoms with Crippen molar-refractivity contribution in [3.63, 3.8) is 0 Å². The van der Waals surface area contributed by atoms with E-state index >= 15 is 0 Å². The maximum atomic E-state index is 13.6. The summed E-state index contributed by atoms with van der Waals surface area (Å²) in [5.74, 6) is -0.665. The fourth-order valence-corrected chi connectivity index (χ4v) is 2.85. The molecule has 20 heavy (non-hydrogen) atoms. The van der Waals surface area contributed by atoms with Crippen LogP contribution in [0.1, 0.15) is 5.56 Å².